The number of hydrogen-bond acceptors (Lipinski definition) is 3. The molecule has 0 aliphatic carbocycles. The molecule has 0 aliphatic heterocycles. The Kier molecular flexibility index (Phi) is 3.98. The number of aliphatic hydroxyl groups excluding tert-OH is 1. The first-order chi connectivity index (χ1) is 6.65. The summed E-state index contributed by atoms with van der Waals surface area (Å²) in [5, 5.41) is 17.6. The van der Waals surface area contributed by atoms with Crippen LogP contribution in [-0.2, 0) is 0 Å². The van der Waals surface area contributed by atoms with Gasteiger partial charge in [-0.25, -0.2) is 4.79 Å². The van der Waals surface area contributed by atoms with E-state index in [1.54, 1.807) is 12.1 Å². The van der Waals surface area contributed by atoms with Crippen molar-refractivity contribution >= 4 is 17.7 Å². The molecule has 0 heterocycles. The predicted octanol–water partition coefficient (Wildman–Crippen LogP) is 1.78. The highest BCUT2D eigenvalue weighted by Gasteiger charge is 2.09. The van der Waals surface area contributed by atoms with Gasteiger partial charge in [0.1, 0.15) is 0 Å². The molecule has 0 saturated heterocycles. The van der Waals surface area contributed by atoms with Gasteiger partial charge < -0.3 is 10.2 Å². The predicted molar refractivity (Wildman–Crippen MR) is 55.9 cm³/mol. The van der Waals surface area contributed by atoms with Crippen LogP contribution in [-0.4, -0.2) is 28.5 Å². The zero-order valence-corrected chi connectivity index (χ0v) is 8.67. The van der Waals surface area contributed by atoms with Gasteiger partial charge in [-0.05, 0) is 19.1 Å². The lowest BCUT2D eigenvalue weighted by Crippen LogP contribution is -2.00. The molecule has 0 atom stereocenters. The van der Waals surface area contributed by atoms with Crippen LogP contribution in [0.15, 0.2) is 23.1 Å². The van der Waals surface area contributed by atoms with Gasteiger partial charge in [0.05, 0.1) is 12.2 Å². The molecule has 0 radical (unpaired) electrons. The largest absolute Gasteiger partial charge is 0.478 e. The molecule has 3 nitrogen and oxygen atoms in total. The number of carboxylic acid groups (broad SMARTS) is 1. The van der Waals surface area contributed by atoms with Crippen molar-refractivity contribution in [3.05, 3.63) is 29.3 Å². The Labute approximate surface area is 86.8 Å². The number of aliphatic hydroxyl groups is 1. The number of carbonyl (C=O) groups is 1. The minimum Gasteiger partial charge on any atom is -0.478 e. The number of rotatable bonds is 4. The first kappa shape index (κ1) is 11.1. The van der Waals surface area contributed by atoms with Crippen molar-refractivity contribution in [2.24, 2.45) is 0 Å². The minimum atomic E-state index is -0.922. The quantitative estimate of drug-likeness (QED) is 0.747. The van der Waals surface area contributed by atoms with Crippen molar-refractivity contribution in [1.82, 2.24) is 0 Å². The van der Waals surface area contributed by atoms with E-state index in [0.717, 1.165) is 5.56 Å². The van der Waals surface area contributed by atoms with Crippen LogP contribution in [0.3, 0.4) is 0 Å². The van der Waals surface area contributed by atoms with Crippen LogP contribution in [0, 0.1) is 6.92 Å². The molecule has 0 aliphatic rings. The highest BCUT2D eigenvalue weighted by molar-refractivity contribution is 7.99. The van der Waals surface area contributed by atoms with Gasteiger partial charge in [0, 0.05) is 10.6 Å². The summed E-state index contributed by atoms with van der Waals surface area (Å²) in [6.45, 7) is 1.91. The molecule has 2 N–H and O–H groups in total. The maximum absolute atomic E-state index is 10.9. The summed E-state index contributed by atoms with van der Waals surface area (Å²) < 4.78 is 0. The molecule has 1 aromatic carbocycles. The second-order valence-corrected chi connectivity index (χ2v) is 4.01. The van der Waals surface area contributed by atoms with Gasteiger partial charge in [0.15, 0.2) is 0 Å². The average Bonchev–Trinajstić information content (AvgIpc) is 2.15. The van der Waals surface area contributed by atoms with E-state index in [2.05, 4.69) is 0 Å². The summed E-state index contributed by atoms with van der Waals surface area (Å²) in [6.07, 6.45) is 0. The molecule has 0 fully saturated rings. The van der Waals surface area contributed by atoms with E-state index in [1.165, 1.54) is 11.8 Å². The summed E-state index contributed by atoms with van der Waals surface area (Å²) in [5.41, 5.74) is 1.24. The molecule has 0 spiro atoms. The molecule has 1 aromatic rings. The van der Waals surface area contributed by atoms with E-state index in [0.29, 0.717) is 16.2 Å². The fourth-order valence-electron chi connectivity index (χ4n) is 1.09. The maximum Gasteiger partial charge on any atom is 0.336 e. The molecular formula is C10H12O3S. The Morgan fingerprint density at radius 2 is 2.21 bits per heavy atom. The minimum absolute atomic E-state index is 0.0532. The van der Waals surface area contributed by atoms with Crippen LogP contribution in [0.25, 0.3) is 0 Å². The van der Waals surface area contributed by atoms with Crippen molar-refractivity contribution in [2.45, 2.75) is 11.8 Å². The fraction of sp³-hybridized carbons (Fsp3) is 0.300. The van der Waals surface area contributed by atoms with Crippen LogP contribution in [0.2, 0.25) is 0 Å². The van der Waals surface area contributed by atoms with Crippen molar-refractivity contribution in [2.75, 3.05) is 12.4 Å². The third kappa shape index (κ3) is 2.75. The van der Waals surface area contributed by atoms with Crippen LogP contribution in [0.4, 0.5) is 0 Å². The first-order valence-corrected chi connectivity index (χ1v) is 5.21. The first-order valence-electron chi connectivity index (χ1n) is 4.22. The molecule has 14 heavy (non-hydrogen) atoms. The second-order valence-electron chi connectivity index (χ2n) is 2.88. The summed E-state index contributed by atoms with van der Waals surface area (Å²) in [5.74, 6) is -0.405. The van der Waals surface area contributed by atoms with Crippen molar-refractivity contribution in [1.29, 1.82) is 0 Å². The molecule has 0 aromatic heterocycles. The van der Waals surface area contributed by atoms with Gasteiger partial charge >= 0.3 is 5.97 Å². The topological polar surface area (TPSA) is 57.5 Å². The third-order valence-corrected chi connectivity index (χ3v) is 2.77. The van der Waals surface area contributed by atoms with Crippen LogP contribution < -0.4 is 0 Å². The maximum atomic E-state index is 10.9. The lowest BCUT2D eigenvalue weighted by molar-refractivity contribution is 0.0693. The van der Waals surface area contributed by atoms with Gasteiger partial charge in [0.25, 0.3) is 0 Å². The molecular weight excluding hydrogens is 200 g/mol. The zero-order valence-electron chi connectivity index (χ0n) is 7.86. The highest BCUT2D eigenvalue weighted by Crippen LogP contribution is 2.23. The normalized spacial score (nSPS) is 10.1. The summed E-state index contributed by atoms with van der Waals surface area (Å²) >= 11 is 1.35. The van der Waals surface area contributed by atoms with Gasteiger partial charge in [-0.1, -0.05) is 11.6 Å². The number of aryl methyl sites for hydroxylation is 1. The van der Waals surface area contributed by atoms with Crippen molar-refractivity contribution < 1.29 is 15.0 Å². The Hall–Kier alpha value is -1.00. The molecule has 0 amide bonds. The third-order valence-electron chi connectivity index (χ3n) is 1.71. The smallest absolute Gasteiger partial charge is 0.336 e. The lowest BCUT2D eigenvalue weighted by atomic mass is 10.1. The second kappa shape index (κ2) is 5.02. The van der Waals surface area contributed by atoms with Gasteiger partial charge in [-0.2, -0.15) is 0 Å². The Balaban J connectivity index is 2.96. The standard InChI is InChI=1S/C10H12O3S/c1-7-2-3-9(14-5-4-11)8(6-7)10(12)13/h2-3,6,11H,4-5H2,1H3,(H,12,13). The number of aromatic carboxylic acids is 1. The molecule has 4 heteroatoms. The molecule has 0 bridgehead atoms. The highest BCUT2D eigenvalue weighted by atomic mass is 32.2. The van der Waals surface area contributed by atoms with E-state index >= 15 is 0 Å². The summed E-state index contributed by atoms with van der Waals surface area (Å²) in [7, 11) is 0. The molecule has 0 unspecified atom stereocenters. The number of hydrogen-bond donors (Lipinski definition) is 2. The Bertz CT molecular complexity index is 336. The van der Waals surface area contributed by atoms with E-state index < -0.39 is 5.97 Å². The zero-order chi connectivity index (χ0) is 10.6. The van der Waals surface area contributed by atoms with E-state index in [4.69, 9.17) is 10.2 Å². The van der Waals surface area contributed by atoms with Crippen LogP contribution >= 0.6 is 11.8 Å². The lowest BCUT2D eigenvalue weighted by Gasteiger charge is -2.05. The average molecular weight is 212 g/mol. The van der Waals surface area contributed by atoms with Gasteiger partial charge in [0.2, 0.25) is 0 Å². The number of carboxylic acids is 1. The van der Waals surface area contributed by atoms with E-state index in [9.17, 15) is 4.79 Å². The van der Waals surface area contributed by atoms with Gasteiger partial charge in [-0.3, -0.25) is 0 Å². The fourth-order valence-corrected chi connectivity index (χ4v) is 1.87. The molecule has 1 rings (SSSR count). The van der Waals surface area contributed by atoms with Crippen LogP contribution in [0.1, 0.15) is 15.9 Å². The van der Waals surface area contributed by atoms with Gasteiger partial charge in [-0.15, -0.1) is 11.8 Å². The van der Waals surface area contributed by atoms with Crippen molar-refractivity contribution in [3.8, 4) is 0 Å². The van der Waals surface area contributed by atoms with E-state index in [1.807, 2.05) is 13.0 Å². The SMILES string of the molecule is Cc1ccc(SCCO)c(C(=O)O)c1. The van der Waals surface area contributed by atoms with E-state index in [-0.39, 0.29) is 6.61 Å². The monoisotopic (exact) mass is 212 g/mol. The summed E-state index contributed by atoms with van der Waals surface area (Å²) in [4.78, 5) is 11.6. The van der Waals surface area contributed by atoms with Crippen LogP contribution in [0.5, 0.6) is 0 Å². The number of thioether (sulfide) groups is 1. The molecule has 0 saturated carbocycles. The Morgan fingerprint density at radius 3 is 2.79 bits per heavy atom. The number of benzene rings is 1. The molecule has 76 valence electrons. The summed E-state index contributed by atoms with van der Waals surface area (Å²) in [6, 6.07) is 5.29. The van der Waals surface area contributed by atoms with Crippen molar-refractivity contribution in [3.63, 3.8) is 0 Å². The Morgan fingerprint density at radius 1 is 1.50 bits per heavy atom.